The molecule has 0 unspecified atom stereocenters. The molecule has 6 nitrogen and oxygen atoms in total. The Balaban J connectivity index is 1.90. The van der Waals surface area contributed by atoms with Crippen molar-refractivity contribution >= 4 is 11.7 Å². The van der Waals surface area contributed by atoms with Gasteiger partial charge in [-0.25, -0.2) is 4.98 Å². The number of hydrogen-bond acceptors (Lipinski definition) is 4. The van der Waals surface area contributed by atoms with E-state index in [0.717, 1.165) is 12.3 Å². The van der Waals surface area contributed by atoms with E-state index in [0.29, 0.717) is 17.1 Å². The second kappa shape index (κ2) is 6.34. The quantitative estimate of drug-likeness (QED) is 0.789. The molecule has 0 aliphatic heterocycles. The highest BCUT2D eigenvalue weighted by Crippen LogP contribution is 2.29. The van der Waals surface area contributed by atoms with Crippen LogP contribution in [0.2, 0.25) is 0 Å². The van der Waals surface area contributed by atoms with Crippen molar-refractivity contribution in [2.75, 3.05) is 5.32 Å². The first-order valence-corrected chi connectivity index (χ1v) is 7.16. The number of rotatable bonds is 3. The van der Waals surface area contributed by atoms with Crippen molar-refractivity contribution in [3.8, 4) is 5.82 Å². The first-order chi connectivity index (χ1) is 11.8. The number of nitrogens with one attached hydrogen (secondary N) is 1. The lowest BCUT2D eigenvalue weighted by Crippen LogP contribution is -2.16. The highest BCUT2D eigenvalue weighted by atomic mass is 19.4. The van der Waals surface area contributed by atoms with E-state index in [2.05, 4.69) is 20.4 Å². The van der Waals surface area contributed by atoms with Gasteiger partial charge in [0.05, 0.1) is 11.3 Å². The standard InChI is InChI=1S/C16H12F3N5O/c1-10-8-14(22-15(25)11-4-6-20-7-5-11)24(23-10)13-3-2-12(9-21-13)16(17,18)19/h2-9H,1H3,(H,22,25). The van der Waals surface area contributed by atoms with Crippen LogP contribution in [0.3, 0.4) is 0 Å². The van der Waals surface area contributed by atoms with E-state index in [1.807, 2.05) is 0 Å². The summed E-state index contributed by atoms with van der Waals surface area (Å²) in [5.74, 6) is 0.0631. The lowest BCUT2D eigenvalue weighted by Gasteiger charge is -2.10. The Hall–Kier alpha value is -3.23. The summed E-state index contributed by atoms with van der Waals surface area (Å²) in [6, 6.07) is 6.78. The molecule has 0 aliphatic rings. The normalized spacial score (nSPS) is 11.4. The number of carbonyl (C=O) groups is 1. The average Bonchev–Trinajstić information content (AvgIpc) is 2.95. The zero-order valence-electron chi connectivity index (χ0n) is 12.9. The fourth-order valence-corrected chi connectivity index (χ4v) is 2.13. The number of aromatic nitrogens is 4. The van der Waals surface area contributed by atoms with E-state index in [-0.39, 0.29) is 5.82 Å². The van der Waals surface area contributed by atoms with Gasteiger partial charge in [0, 0.05) is 30.2 Å². The van der Waals surface area contributed by atoms with Crippen molar-refractivity contribution in [1.29, 1.82) is 0 Å². The number of halogens is 3. The lowest BCUT2D eigenvalue weighted by molar-refractivity contribution is -0.137. The summed E-state index contributed by atoms with van der Waals surface area (Å²) in [7, 11) is 0. The molecule has 0 saturated heterocycles. The van der Waals surface area contributed by atoms with Crippen LogP contribution in [0.25, 0.3) is 5.82 Å². The predicted octanol–water partition coefficient (Wildman–Crippen LogP) is 3.24. The highest BCUT2D eigenvalue weighted by Gasteiger charge is 2.30. The Bertz CT molecular complexity index is 888. The minimum Gasteiger partial charge on any atom is -0.306 e. The van der Waals surface area contributed by atoms with Gasteiger partial charge in [-0.1, -0.05) is 0 Å². The number of aryl methyl sites for hydroxylation is 1. The average molecular weight is 347 g/mol. The molecular formula is C16H12F3N5O. The lowest BCUT2D eigenvalue weighted by atomic mass is 10.2. The number of hydrogen-bond donors (Lipinski definition) is 1. The maximum atomic E-state index is 12.6. The van der Waals surface area contributed by atoms with Crippen LogP contribution in [0.4, 0.5) is 19.0 Å². The molecule has 0 radical (unpaired) electrons. The summed E-state index contributed by atoms with van der Waals surface area (Å²) in [5.41, 5.74) is 0.106. The third kappa shape index (κ3) is 3.65. The number of amides is 1. The van der Waals surface area contributed by atoms with Crippen molar-refractivity contribution in [2.45, 2.75) is 13.1 Å². The summed E-state index contributed by atoms with van der Waals surface area (Å²) in [4.78, 5) is 19.9. The molecule has 0 aromatic carbocycles. The molecule has 0 atom stereocenters. The molecule has 0 fully saturated rings. The molecule has 1 N–H and O–H groups in total. The Morgan fingerprint density at radius 2 is 1.88 bits per heavy atom. The number of anilines is 1. The Labute approximate surface area is 140 Å². The van der Waals surface area contributed by atoms with E-state index in [1.165, 1.54) is 23.1 Å². The van der Waals surface area contributed by atoms with Crippen LogP contribution in [0.15, 0.2) is 48.9 Å². The Morgan fingerprint density at radius 3 is 2.48 bits per heavy atom. The van der Waals surface area contributed by atoms with Crippen LogP contribution in [-0.4, -0.2) is 25.7 Å². The number of alkyl halides is 3. The molecule has 0 spiro atoms. The minimum absolute atomic E-state index is 0.158. The van der Waals surface area contributed by atoms with E-state index in [1.54, 1.807) is 25.1 Å². The van der Waals surface area contributed by atoms with E-state index < -0.39 is 17.6 Å². The zero-order chi connectivity index (χ0) is 18.0. The van der Waals surface area contributed by atoms with Crippen LogP contribution in [0.1, 0.15) is 21.6 Å². The number of pyridine rings is 2. The predicted molar refractivity (Wildman–Crippen MR) is 83.3 cm³/mol. The summed E-state index contributed by atoms with van der Waals surface area (Å²) >= 11 is 0. The van der Waals surface area contributed by atoms with Crippen LogP contribution in [0, 0.1) is 6.92 Å². The fraction of sp³-hybridized carbons (Fsp3) is 0.125. The number of nitrogens with zero attached hydrogens (tertiary/aromatic N) is 4. The molecule has 3 aromatic heterocycles. The van der Waals surface area contributed by atoms with Gasteiger partial charge in [-0.05, 0) is 31.2 Å². The molecule has 3 rings (SSSR count). The molecule has 1 amide bonds. The Kier molecular flexibility index (Phi) is 4.22. The second-order valence-corrected chi connectivity index (χ2v) is 5.18. The van der Waals surface area contributed by atoms with Crippen molar-refractivity contribution in [2.24, 2.45) is 0 Å². The largest absolute Gasteiger partial charge is 0.417 e. The summed E-state index contributed by atoms with van der Waals surface area (Å²) in [6.07, 6.45) is -0.783. The van der Waals surface area contributed by atoms with Crippen LogP contribution >= 0.6 is 0 Å². The van der Waals surface area contributed by atoms with Gasteiger partial charge in [0.15, 0.2) is 5.82 Å². The van der Waals surface area contributed by atoms with Gasteiger partial charge in [-0.15, -0.1) is 0 Å². The van der Waals surface area contributed by atoms with Crippen molar-refractivity contribution in [3.05, 3.63) is 65.7 Å². The second-order valence-electron chi connectivity index (χ2n) is 5.18. The summed E-state index contributed by atoms with van der Waals surface area (Å²) in [5, 5.41) is 6.83. The third-order valence-electron chi connectivity index (χ3n) is 3.31. The molecule has 9 heteroatoms. The fourth-order valence-electron chi connectivity index (χ4n) is 2.13. The zero-order valence-corrected chi connectivity index (χ0v) is 12.9. The Morgan fingerprint density at radius 1 is 1.16 bits per heavy atom. The molecule has 3 heterocycles. The van der Waals surface area contributed by atoms with Gasteiger partial charge < -0.3 is 5.32 Å². The van der Waals surface area contributed by atoms with Crippen LogP contribution in [-0.2, 0) is 6.18 Å². The first-order valence-electron chi connectivity index (χ1n) is 7.16. The van der Waals surface area contributed by atoms with Crippen molar-refractivity contribution in [3.63, 3.8) is 0 Å². The van der Waals surface area contributed by atoms with E-state index >= 15 is 0 Å². The molecule has 0 bridgehead atoms. The molecule has 3 aromatic rings. The topological polar surface area (TPSA) is 72.7 Å². The smallest absolute Gasteiger partial charge is 0.306 e. The molecule has 0 saturated carbocycles. The van der Waals surface area contributed by atoms with Gasteiger partial charge in [-0.3, -0.25) is 9.78 Å². The highest BCUT2D eigenvalue weighted by molar-refractivity contribution is 6.03. The molecule has 0 aliphatic carbocycles. The monoisotopic (exact) mass is 347 g/mol. The summed E-state index contributed by atoms with van der Waals surface area (Å²) in [6.45, 7) is 1.70. The number of carbonyl (C=O) groups excluding carboxylic acids is 1. The van der Waals surface area contributed by atoms with Gasteiger partial charge in [0.1, 0.15) is 5.82 Å². The van der Waals surface area contributed by atoms with E-state index in [9.17, 15) is 18.0 Å². The van der Waals surface area contributed by atoms with Crippen LogP contribution in [0.5, 0.6) is 0 Å². The van der Waals surface area contributed by atoms with Gasteiger partial charge in [-0.2, -0.15) is 23.0 Å². The molecular weight excluding hydrogens is 335 g/mol. The first kappa shape index (κ1) is 16.6. The van der Waals surface area contributed by atoms with Crippen LogP contribution < -0.4 is 5.32 Å². The van der Waals surface area contributed by atoms with Gasteiger partial charge >= 0.3 is 6.18 Å². The van der Waals surface area contributed by atoms with E-state index in [4.69, 9.17) is 0 Å². The SMILES string of the molecule is Cc1cc(NC(=O)c2ccncc2)n(-c2ccc(C(F)(F)F)cn2)n1. The van der Waals surface area contributed by atoms with Gasteiger partial charge in [0.2, 0.25) is 0 Å². The van der Waals surface area contributed by atoms with Crippen molar-refractivity contribution in [1.82, 2.24) is 19.7 Å². The minimum atomic E-state index is -4.47. The third-order valence-corrected chi connectivity index (χ3v) is 3.31. The maximum absolute atomic E-state index is 12.6. The molecule has 128 valence electrons. The van der Waals surface area contributed by atoms with Crippen molar-refractivity contribution < 1.29 is 18.0 Å². The van der Waals surface area contributed by atoms with Gasteiger partial charge in [0.25, 0.3) is 5.91 Å². The molecule has 25 heavy (non-hydrogen) atoms. The summed E-state index contributed by atoms with van der Waals surface area (Å²) < 4.78 is 39.2. The maximum Gasteiger partial charge on any atom is 0.417 e.